The Morgan fingerprint density at radius 1 is 1.20 bits per heavy atom. The Morgan fingerprint density at radius 3 is 2.63 bits per heavy atom. The van der Waals surface area contributed by atoms with Crippen LogP contribution in [0.1, 0.15) is 51.5 Å². The third-order valence-electron chi connectivity index (χ3n) is 5.75. The van der Waals surface area contributed by atoms with Crippen LogP contribution in [0.2, 0.25) is 0 Å². The highest BCUT2D eigenvalue weighted by Crippen LogP contribution is 2.36. The van der Waals surface area contributed by atoms with Crippen molar-refractivity contribution in [2.45, 2.75) is 76.5 Å². The van der Waals surface area contributed by atoms with Gasteiger partial charge >= 0.3 is 12.1 Å². The average molecular weight is 501 g/mol. The standard InChI is InChI=1S/C26H35F3O6/c1-17(2)35-25(33)11-6-4-3-5-10-21-22(24(32)15-23(21)31)13-12-19(30)16-34-20-9-7-8-18(14-20)26(27,28)29/h3,5,7-9,12-14,17,19,21-24,30-32H,4,6,10-11,15-16H2,1-2H3/b5-3-,13-12+/t19?,21-,22-,23+,24?/m1/s1. The molecule has 0 bridgehead atoms. The van der Waals surface area contributed by atoms with E-state index in [1.54, 1.807) is 19.9 Å². The molecule has 0 aromatic heterocycles. The number of hydrogen-bond acceptors (Lipinski definition) is 6. The van der Waals surface area contributed by atoms with Crippen LogP contribution in [0, 0.1) is 11.8 Å². The van der Waals surface area contributed by atoms with E-state index in [1.807, 2.05) is 12.2 Å². The molecule has 3 N–H and O–H groups in total. The zero-order valence-electron chi connectivity index (χ0n) is 20.0. The Morgan fingerprint density at radius 2 is 1.94 bits per heavy atom. The molecular weight excluding hydrogens is 465 g/mol. The summed E-state index contributed by atoms with van der Waals surface area (Å²) in [7, 11) is 0. The third-order valence-corrected chi connectivity index (χ3v) is 5.75. The Labute approximate surface area is 204 Å². The second-order valence-corrected chi connectivity index (χ2v) is 9.04. The number of carbonyl (C=O) groups is 1. The van der Waals surface area contributed by atoms with E-state index in [9.17, 15) is 33.3 Å². The number of ether oxygens (including phenoxy) is 2. The maximum Gasteiger partial charge on any atom is 0.416 e. The SMILES string of the molecule is CC(C)OC(=O)CCC/C=C\C[C@H]1[C@@H](O)CC(O)[C@@H]1/C=C/C(O)COc1cccc(C(F)(F)F)c1. The molecule has 0 amide bonds. The minimum Gasteiger partial charge on any atom is -0.491 e. The first kappa shape index (κ1) is 28.9. The highest BCUT2D eigenvalue weighted by molar-refractivity contribution is 5.69. The number of benzene rings is 1. The highest BCUT2D eigenvalue weighted by atomic mass is 19.4. The molecule has 2 unspecified atom stereocenters. The molecule has 1 saturated carbocycles. The first-order valence-corrected chi connectivity index (χ1v) is 11.8. The van der Waals surface area contributed by atoms with Crippen LogP contribution in [0.15, 0.2) is 48.6 Å². The maximum atomic E-state index is 12.8. The number of hydrogen-bond donors (Lipinski definition) is 3. The minimum absolute atomic E-state index is 0.0101. The van der Waals surface area contributed by atoms with Gasteiger partial charge in [-0.1, -0.05) is 30.4 Å². The summed E-state index contributed by atoms with van der Waals surface area (Å²) >= 11 is 0. The van der Waals surface area contributed by atoms with Crippen molar-refractivity contribution in [2.75, 3.05) is 6.61 Å². The molecule has 1 aliphatic rings. The van der Waals surface area contributed by atoms with E-state index in [0.29, 0.717) is 25.7 Å². The largest absolute Gasteiger partial charge is 0.491 e. The van der Waals surface area contributed by atoms with Crippen LogP contribution in [0.4, 0.5) is 13.2 Å². The zero-order chi connectivity index (χ0) is 26.0. The van der Waals surface area contributed by atoms with Crippen molar-refractivity contribution in [1.29, 1.82) is 0 Å². The van der Waals surface area contributed by atoms with Crippen molar-refractivity contribution in [3.63, 3.8) is 0 Å². The summed E-state index contributed by atoms with van der Waals surface area (Å²) in [6.45, 7) is 3.34. The molecule has 196 valence electrons. The monoisotopic (exact) mass is 500 g/mol. The smallest absolute Gasteiger partial charge is 0.416 e. The van der Waals surface area contributed by atoms with E-state index in [2.05, 4.69) is 0 Å². The van der Waals surface area contributed by atoms with Crippen molar-refractivity contribution >= 4 is 5.97 Å². The number of aliphatic hydroxyl groups is 3. The number of allylic oxidation sites excluding steroid dienone is 2. The molecular formula is C26H35F3O6. The molecule has 6 nitrogen and oxygen atoms in total. The number of unbranched alkanes of at least 4 members (excludes halogenated alkanes) is 1. The Kier molecular flexibility index (Phi) is 11.3. The minimum atomic E-state index is -4.49. The molecule has 2 rings (SSSR count). The highest BCUT2D eigenvalue weighted by Gasteiger charge is 2.39. The lowest BCUT2D eigenvalue weighted by Gasteiger charge is -2.19. The summed E-state index contributed by atoms with van der Waals surface area (Å²) in [6.07, 6.45) is 2.09. The first-order chi connectivity index (χ1) is 16.5. The van der Waals surface area contributed by atoms with Crippen LogP contribution in [0.5, 0.6) is 5.75 Å². The van der Waals surface area contributed by atoms with Gasteiger partial charge in [-0.25, -0.2) is 0 Å². The summed E-state index contributed by atoms with van der Waals surface area (Å²) in [5, 5.41) is 30.8. The summed E-state index contributed by atoms with van der Waals surface area (Å²) in [5.74, 6) is -0.883. The van der Waals surface area contributed by atoms with Gasteiger partial charge in [0, 0.05) is 18.8 Å². The molecule has 0 radical (unpaired) electrons. The molecule has 0 spiro atoms. The van der Waals surface area contributed by atoms with Gasteiger partial charge in [0.1, 0.15) is 18.5 Å². The second kappa shape index (κ2) is 13.7. The van der Waals surface area contributed by atoms with Crippen molar-refractivity contribution in [2.24, 2.45) is 11.8 Å². The van der Waals surface area contributed by atoms with Gasteiger partial charge in [0.05, 0.1) is 23.9 Å². The zero-order valence-corrected chi connectivity index (χ0v) is 20.0. The molecule has 9 heteroatoms. The summed E-state index contributed by atoms with van der Waals surface area (Å²) in [4.78, 5) is 11.5. The predicted molar refractivity (Wildman–Crippen MR) is 125 cm³/mol. The number of rotatable bonds is 12. The molecule has 1 fully saturated rings. The van der Waals surface area contributed by atoms with Crippen LogP contribution in [0.3, 0.4) is 0 Å². The number of aliphatic hydroxyl groups excluding tert-OH is 3. The topological polar surface area (TPSA) is 96.2 Å². The van der Waals surface area contributed by atoms with E-state index in [1.165, 1.54) is 18.2 Å². The van der Waals surface area contributed by atoms with Gasteiger partial charge in [-0.05, 0) is 57.2 Å². The molecule has 1 aromatic rings. The van der Waals surface area contributed by atoms with Crippen molar-refractivity contribution < 1.29 is 42.8 Å². The number of esters is 1. The predicted octanol–water partition coefficient (Wildman–Crippen LogP) is 4.43. The average Bonchev–Trinajstić information content (AvgIpc) is 3.04. The summed E-state index contributed by atoms with van der Waals surface area (Å²) in [6, 6.07) is 4.40. The Hall–Kier alpha value is -2.36. The quantitative estimate of drug-likeness (QED) is 0.223. The van der Waals surface area contributed by atoms with Gasteiger partial charge in [-0.15, -0.1) is 0 Å². The summed E-state index contributed by atoms with van der Waals surface area (Å²) in [5.41, 5.74) is -0.838. The molecule has 0 saturated heterocycles. The fraction of sp³-hybridized carbons (Fsp3) is 0.577. The Balaban J connectivity index is 1.82. The van der Waals surface area contributed by atoms with Crippen LogP contribution in [-0.4, -0.2) is 52.3 Å². The fourth-order valence-corrected chi connectivity index (χ4v) is 4.02. The lowest BCUT2D eigenvalue weighted by molar-refractivity contribution is -0.147. The van der Waals surface area contributed by atoms with Gasteiger partial charge in [0.25, 0.3) is 0 Å². The first-order valence-electron chi connectivity index (χ1n) is 11.8. The third kappa shape index (κ3) is 10.0. The molecule has 5 atom stereocenters. The molecule has 0 heterocycles. The van der Waals surface area contributed by atoms with Crippen molar-refractivity contribution in [1.82, 2.24) is 0 Å². The maximum absolute atomic E-state index is 12.8. The van der Waals surface area contributed by atoms with Crippen LogP contribution < -0.4 is 4.74 Å². The van der Waals surface area contributed by atoms with Crippen molar-refractivity contribution in [3.8, 4) is 5.75 Å². The number of carbonyl (C=O) groups excluding carboxylic acids is 1. The van der Waals surface area contributed by atoms with Gasteiger partial charge in [0.15, 0.2) is 0 Å². The van der Waals surface area contributed by atoms with Crippen LogP contribution >= 0.6 is 0 Å². The molecule has 35 heavy (non-hydrogen) atoms. The van der Waals surface area contributed by atoms with E-state index in [4.69, 9.17) is 9.47 Å². The van der Waals surface area contributed by atoms with Gasteiger partial charge < -0.3 is 24.8 Å². The van der Waals surface area contributed by atoms with E-state index < -0.39 is 30.1 Å². The molecule has 1 aromatic carbocycles. The fourth-order valence-electron chi connectivity index (χ4n) is 4.02. The summed E-state index contributed by atoms with van der Waals surface area (Å²) < 4.78 is 48.8. The Bertz CT molecular complexity index is 852. The van der Waals surface area contributed by atoms with Crippen molar-refractivity contribution in [3.05, 3.63) is 54.1 Å². The van der Waals surface area contributed by atoms with Gasteiger partial charge in [-0.2, -0.15) is 13.2 Å². The van der Waals surface area contributed by atoms with Crippen LogP contribution in [-0.2, 0) is 15.7 Å². The number of alkyl halides is 3. The van der Waals surface area contributed by atoms with E-state index in [0.717, 1.165) is 12.1 Å². The molecule has 1 aliphatic carbocycles. The second-order valence-electron chi connectivity index (χ2n) is 9.04. The van der Waals surface area contributed by atoms with Gasteiger partial charge in [-0.3, -0.25) is 4.79 Å². The number of halogens is 3. The molecule has 0 aliphatic heterocycles. The lowest BCUT2D eigenvalue weighted by Crippen LogP contribution is -2.21. The van der Waals surface area contributed by atoms with E-state index in [-0.39, 0.29) is 42.7 Å². The normalized spacial score (nSPS) is 23.9. The lowest BCUT2D eigenvalue weighted by atomic mass is 9.89. The van der Waals surface area contributed by atoms with Gasteiger partial charge in [0.2, 0.25) is 0 Å². The van der Waals surface area contributed by atoms with E-state index >= 15 is 0 Å². The van der Waals surface area contributed by atoms with Crippen LogP contribution in [0.25, 0.3) is 0 Å².